The van der Waals surface area contributed by atoms with E-state index in [1.807, 2.05) is 0 Å². The van der Waals surface area contributed by atoms with Crippen molar-refractivity contribution in [3.63, 3.8) is 0 Å². The number of guanidine groups is 1. The van der Waals surface area contributed by atoms with Crippen molar-refractivity contribution in [2.24, 2.45) is 22.9 Å². The van der Waals surface area contributed by atoms with Crippen molar-refractivity contribution in [3.8, 4) is 11.5 Å². The molecule has 11 atom stereocenters. The lowest BCUT2D eigenvalue weighted by atomic mass is 9.97. The molecule has 1 aliphatic rings. The quantitative estimate of drug-likeness (QED) is 0.0188. The van der Waals surface area contributed by atoms with Crippen molar-refractivity contribution in [1.82, 2.24) is 68.0 Å². The minimum Gasteiger partial charge on any atom is -0.508 e. The van der Waals surface area contributed by atoms with Crippen molar-refractivity contribution < 1.29 is 77.6 Å². The van der Waals surface area contributed by atoms with Gasteiger partial charge in [0, 0.05) is 44.1 Å². The van der Waals surface area contributed by atoms with Crippen molar-refractivity contribution in [2.75, 3.05) is 6.54 Å². The Morgan fingerprint density at radius 2 is 1.07 bits per heavy atom. The van der Waals surface area contributed by atoms with Crippen LogP contribution >= 0.6 is 0 Å². The van der Waals surface area contributed by atoms with Crippen LogP contribution in [0.1, 0.15) is 74.4 Å². The fourth-order valence-electron chi connectivity index (χ4n) is 10.5. The van der Waals surface area contributed by atoms with Gasteiger partial charge >= 0.3 is 5.97 Å². The van der Waals surface area contributed by atoms with Crippen molar-refractivity contribution in [2.45, 2.75) is 145 Å². The summed E-state index contributed by atoms with van der Waals surface area (Å²) in [6.07, 6.45) is -2.04. The number of carbonyl (C=O) groups excluding carboxylic acids is 12. The Morgan fingerprint density at radius 1 is 0.606 bits per heavy atom. The van der Waals surface area contributed by atoms with E-state index < -0.39 is 181 Å². The predicted octanol–water partition coefficient (Wildman–Crippen LogP) is -4.28. The minimum absolute atomic E-state index is 0.00868. The third kappa shape index (κ3) is 22.9. The summed E-state index contributed by atoms with van der Waals surface area (Å²) in [6, 6.07) is 8.59. The van der Waals surface area contributed by atoms with E-state index in [1.54, 1.807) is 48.5 Å². The van der Waals surface area contributed by atoms with E-state index in [-0.39, 0.29) is 55.0 Å². The number of H-pyrrole nitrogens is 1. The van der Waals surface area contributed by atoms with Gasteiger partial charge in [0.05, 0.1) is 25.2 Å². The number of aliphatic carboxylic acids is 1. The summed E-state index contributed by atoms with van der Waals surface area (Å²) in [4.78, 5) is 195. The van der Waals surface area contributed by atoms with E-state index in [2.05, 4.69) is 63.1 Å². The number of hydrogen-bond donors (Lipinski definition) is 19. The molecule has 5 aromatic rings. The molecular formula is C65H82N18O16. The molecule has 1 saturated heterocycles. The van der Waals surface area contributed by atoms with Crippen molar-refractivity contribution >= 4 is 82.8 Å². The zero-order valence-electron chi connectivity index (χ0n) is 54.2. The largest absolute Gasteiger partial charge is 0.508 e. The number of hydrogen-bond acceptors (Lipinski definition) is 18. The molecule has 4 aromatic carbocycles. The van der Waals surface area contributed by atoms with Crippen LogP contribution in [-0.2, 0) is 94.4 Å². The van der Waals surface area contributed by atoms with Crippen molar-refractivity contribution in [1.29, 1.82) is 5.41 Å². The Kier molecular flexibility index (Phi) is 27.4. The molecule has 528 valence electrons. The zero-order valence-corrected chi connectivity index (χ0v) is 54.2. The summed E-state index contributed by atoms with van der Waals surface area (Å²) in [5, 5.41) is 63.8. The lowest BCUT2D eigenvalue weighted by Gasteiger charge is -2.43. The maximum atomic E-state index is 15.7. The van der Waals surface area contributed by atoms with Crippen LogP contribution in [0.25, 0.3) is 0 Å². The molecule has 0 radical (unpaired) electrons. The molecule has 23 N–H and O–H groups in total. The highest BCUT2D eigenvalue weighted by Crippen LogP contribution is 2.25. The average Bonchev–Trinajstić information content (AvgIpc) is 0.780. The molecule has 0 spiro atoms. The van der Waals surface area contributed by atoms with E-state index in [9.17, 15) is 58.5 Å². The molecule has 0 bridgehead atoms. The van der Waals surface area contributed by atoms with Crippen LogP contribution in [0.4, 0.5) is 0 Å². The first-order valence-corrected chi connectivity index (χ1v) is 31.2. The number of nitrogens with two attached hydrogens (primary N) is 4. The van der Waals surface area contributed by atoms with E-state index in [0.29, 0.717) is 21.6 Å². The second-order valence-electron chi connectivity index (χ2n) is 23.7. The topological polar surface area (TPSA) is 563 Å². The molecule has 99 heavy (non-hydrogen) atoms. The SMILES string of the molecule is C[C@@H]1NC(=O)[C@H](CC(N)=O)NC(=O)[C@H](C)NC(=O)[C@H](CCCNC(=N)N)NC(=O)[C@@H](Cc2ccccc2)NC(=O)[C@H](Cc2cnc[nH]2)NC(=O)[C@@H](NC(=O)[C@@H](N)Cc2ccc(O)cc2)CC(=O)N([C@@H](Cc2ccc(O)cc2)C(N)=O)C(C)(C(=O)O)NC(=O)[C@H](Cc2ccccc2)NC1=O. The number of carboxylic acids is 1. The minimum atomic E-state index is -3.17. The molecule has 34 heteroatoms. The standard InChI is InChI=1S/C65H82N18O16/c1-34-55(90)78-48(30-51(67)86)58(93)75-35(2)54(89)77-46(27-37-13-8-5-9-14-37)62(97)82-65(3,63(98)99)83(50(53(68)88)28-39-18-22-42(85)23-19-39)52(87)31-49(79-56(91)43(66)25-38-16-20-41(84)21-17-38)61(96)81-47(29-40-32-71-33-73-40)60(95)80-45(26-36-11-6-4-7-12-36)59(94)76-44(57(92)74-34)15-10-24-72-64(69)70/h4-9,11-14,16-23,32-35,43-50,84-85H,10,15,24-31,66H2,1-3H3,(H2,67,86)(H2,68,88)(H,71,73)(H,74,92)(H,75,93)(H,76,94)(H,77,89)(H,78,90)(H,79,91)(H,80,95)(H,81,96)(H,82,97)(H,98,99)(H4,69,70,72)/t34-,35-,43-,44-,45+,46-,47-,48-,49-,50-,65?/m0/s1. The van der Waals surface area contributed by atoms with Gasteiger partial charge < -0.3 is 96.4 Å². The number of benzene rings is 4. The highest BCUT2D eigenvalue weighted by atomic mass is 16.4. The van der Waals surface area contributed by atoms with Crippen LogP contribution in [0.2, 0.25) is 0 Å². The number of phenolic OH excluding ortho intramolecular Hbond substituents is 2. The molecule has 1 fully saturated rings. The number of aromatic amines is 1. The number of primary amides is 2. The van der Waals surface area contributed by atoms with Crippen LogP contribution in [0.5, 0.6) is 11.5 Å². The van der Waals surface area contributed by atoms with Gasteiger partial charge in [-0.25, -0.2) is 9.78 Å². The van der Waals surface area contributed by atoms with E-state index in [4.69, 9.17) is 28.3 Å². The molecule has 1 aromatic heterocycles. The number of phenols is 2. The highest BCUT2D eigenvalue weighted by molar-refractivity contribution is 6.02. The van der Waals surface area contributed by atoms with Gasteiger partial charge in [-0.05, 0) is 86.6 Å². The van der Waals surface area contributed by atoms with Gasteiger partial charge in [0.15, 0.2) is 5.96 Å². The first-order valence-electron chi connectivity index (χ1n) is 31.2. The summed E-state index contributed by atoms with van der Waals surface area (Å²) in [5.41, 5.74) is 21.9. The summed E-state index contributed by atoms with van der Waals surface area (Å²) < 4.78 is 0. The molecule has 6 rings (SSSR count). The third-order valence-electron chi connectivity index (χ3n) is 15.9. The zero-order chi connectivity index (χ0) is 72.7. The monoisotopic (exact) mass is 1370 g/mol. The first kappa shape index (κ1) is 76.1. The predicted molar refractivity (Wildman–Crippen MR) is 353 cm³/mol. The van der Waals surface area contributed by atoms with Gasteiger partial charge in [-0.2, -0.15) is 0 Å². The molecule has 1 unspecified atom stereocenters. The van der Waals surface area contributed by atoms with Crippen LogP contribution in [0.15, 0.2) is 122 Å². The number of rotatable bonds is 21. The Morgan fingerprint density at radius 3 is 1.57 bits per heavy atom. The fourth-order valence-corrected chi connectivity index (χ4v) is 10.5. The Labute approximate surface area is 567 Å². The van der Waals surface area contributed by atoms with E-state index >= 15 is 19.2 Å². The molecule has 34 nitrogen and oxygen atoms in total. The summed E-state index contributed by atoms with van der Waals surface area (Å²) >= 11 is 0. The Hall–Kier alpha value is -12.0. The van der Waals surface area contributed by atoms with Gasteiger partial charge in [-0.3, -0.25) is 67.8 Å². The maximum Gasteiger partial charge on any atom is 0.350 e. The van der Waals surface area contributed by atoms with Gasteiger partial charge in [0.1, 0.15) is 65.9 Å². The second kappa shape index (κ2) is 35.7. The van der Waals surface area contributed by atoms with Crippen LogP contribution in [0, 0.1) is 5.41 Å². The van der Waals surface area contributed by atoms with E-state index in [1.165, 1.54) is 80.1 Å². The number of amides is 12. The number of nitrogens with one attached hydrogen (secondary N) is 12. The number of nitrogens with zero attached hydrogens (tertiary/aromatic N) is 2. The normalized spacial score (nSPS) is 22.7. The number of aromatic nitrogens is 2. The lowest BCUT2D eigenvalue weighted by molar-refractivity contribution is -0.168. The summed E-state index contributed by atoms with van der Waals surface area (Å²) in [5.74, 6) is -17.3. The number of aromatic hydroxyl groups is 2. The summed E-state index contributed by atoms with van der Waals surface area (Å²) in [7, 11) is 0. The molecule has 12 amide bonds. The second-order valence-corrected chi connectivity index (χ2v) is 23.7. The Balaban J connectivity index is 1.55. The van der Waals surface area contributed by atoms with Gasteiger partial charge in [-0.15, -0.1) is 0 Å². The molecule has 0 saturated carbocycles. The lowest BCUT2D eigenvalue weighted by Crippen LogP contribution is -2.72. The van der Waals surface area contributed by atoms with E-state index in [0.717, 1.165) is 13.8 Å². The fraction of sp³-hybridized carbons (Fsp3) is 0.369. The number of carbonyl (C=O) groups is 13. The highest BCUT2D eigenvalue weighted by Gasteiger charge is 2.51. The Bertz CT molecular complexity index is 3720. The number of carboxylic acid groups (broad SMARTS) is 1. The van der Waals surface area contributed by atoms with Crippen LogP contribution < -0.4 is 76.1 Å². The molecule has 0 aliphatic carbocycles. The van der Waals surface area contributed by atoms with Crippen LogP contribution in [0.3, 0.4) is 0 Å². The van der Waals surface area contributed by atoms with Gasteiger partial charge in [0.25, 0.3) is 0 Å². The number of imidazole rings is 1. The van der Waals surface area contributed by atoms with Crippen molar-refractivity contribution in [3.05, 3.63) is 150 Å². The smallest absolute Gasteiger partial charge is 0.350 e. The summed E-state index contributed by atoms with van der Waals surface area (Å²) in [6.45, 7) is 3.10. The van der Waals surface area contributed by atoms with Gasteiger partial charge in [-0.1, -0.05) is 84.9 Å². The molecular weight excluding hydrogens is 1290 g/mol. The maximum absolute atomic E-state index is 15.7. The third-order valence-corrected chi connectivity index (χ3v) is 15.9. The molecule has 1 aliphatic heterocycles. The van der Waals surface area contributed by atoms with Gasteiger partial charge in [0.2, 0.25) is 76.5 Å². The first-order chi connectivity index (χ1) is 46.9. The molecule has 2 heterocycles. The van der Waals surface area contributed by atoms with Crippen LogP contribution in [-0.4, -0.2) is 186 Å². The average molecular weight is 1370 g/mol.